The number of hydrogen-bond donors (Lipinski definition) is 0. The van der Waals surface area contributed by atoms with Crippen LogP contribution in [0.2, 0.25) is 0 Å². The Kier molecular flexibility index (Phi) is 2.30. The Bertz CT molecular complexity index is 169. The third kappa shape index (κ3) is 1.40. The molecule has 1 nitrogen and oxygen atoms in total. The van der Waals surface area contributed by atoms with Gasteiger partial charge in [0, 0.05) is 0 Å². The summed E-state index contributed by atoms with van der Waals surface area (Å²) < 4.78 is 23.1. The maximum absolute atomic E-state index is 11.6. The summed E-state index contributed by atoms with van der Waals surface area (Å²) in [6, 6.07) is 0. The SMILES string of the molecule is [C-]#[N+]/C(F)=C(\F)C#C. The van der Waals surface area contributed by atoms with Crippen molar-refractivity contribution in [3.8, 4) is 12.3 Å². The second-order valence-corrected chi connectivity index (χ2v) is 0.861. The predicted molar refractivity (Wildman–Crippen MR) is 24.7 cm³/mol. The molecule has 0 fully saturated rings. The lowest BCUT2D eigenvalue weighted by Gasteiger charge is -1.76. The van der Waals surface area contributed by atoms with E-state index in [1.165, 1.54) is 5.92 Å². The highest BCUT2D eigenvalue weighted by Crippen LogP contribution is 2.06. The van der Waals surface area contributed by atoms with E-state index in [4.69, 9.17) is 6.57 Å². The minimum atomic E-state index is -1.56. The van der Waals surface area contributed by atoms with E-state index >= 15 is 0 Å². The fourth-order valence-electron chi connectivity index (χ4n) is 0.109. The van der Waals surface area contributed by atoms with Crippen molar-refractivity contribution in [1.82, 2.24) is 0 Å². The molecule has 0 atom stereocenters. The maximum Gasteiger partial charge on any atom is 0.375 e. The summed E-state index contributed by atoms with van der Waals surface area (Å²) in [4.78, 5) is 2.10. The molecule has 0 saturated carbocycles. The molecular weight excluding hydrogens is 112 g/mol. The Morgan fingerprint density at radius 2 is 2.12 bits per heavy atom. The van der Waals surface area contributed by atoms with Crippen LogP contribution in [0.4, 0.5) is 8.78 Å². The quantitative estimate of drug-likeness (QED) is 0.255. The van der Waals surface area contributed by atoms with Crippen molar-refractivity contribution in [1.29, 1.82) is 0 Å². The molecule has 3 heteroatoms. The minimum Gasteiger partial charge on any atom is -0.233 e. The van der Waals surface area contributed by atoms with Crippen molar-refractivity contribution in [2.75, 3.05) is 0 Å². The topological polar surface area (TPSA) is 4.36 Å². The van der Waals surface area contributed by atoms with E-state index in [-0.39, 0.29) is 0 Å². The molecule has 0 radical (unpaired) electrons. The van der Waals surface area contributed by atoms with E-state index in [0.717, 1.165) is 0 Å². The predicted octanol–water partition coefficient (Wildman–Crippen LogP) is 1.65. The van der Waals surface area contributed by atoms with Gasteiger partial charge in [0.1, 0.15) is 0 Å². The van der Waals surface area contributed by atoms with E-state index in [2.05, 4.69) is 11.3 Å². The van der Waals surface area contributed by atoms with Crippen LogP contribution in [0.15, 0.2) is 11.8 Å². The molecule has 0 saturated heterocycles. The van der Waals surface area contributed by atoms with Crippen molar-refractivity contribution in [2.24, 2.45) is 0 Å². The lowest BCUT2D eigenvalue weighted by molar-refractivity contribution is 0.577. The van der Waals surface area contributed by atoms with Gasteiger partial charge in [-0.3, -0.25) is 0 Å². The maximum atomic E-state index is 11.6. The Morgan fingerprint density at radius 1 is 1.62 bits per heavy atom. The van der Waals surface area contributed by atoms with Gasteiger partial charge in [-0.25, -0.2) is 13.6 Å². The normalized spacial score (nSPS) is 11.0. The molecule has 0 unspecified atom stereocenters. The number of hydrogen-bond acceptors (Lipinski definition) is 0. The van der Waals surface area contributed by atoms with Crippen molar-refractivity contribution < 1.29 is 8.78 Å². The summed E-state index contributed by atoms with van der Waals surface area (Å²) >= 11 is 0. The molecule has 0 aromatic heterocycles. The molecule has 0 aromatic carbocycles. The van der Waals surface area contributed by atoms with Crippen LogP contribution in [-0.2, 0) is 0 Å². The number of allylic oxidation sites excluding steroid dienone is 1. The van der Waals surface area contributed by atoms with Crippen LogP contribution in [-0.4, -0.2) is 0 Å². The molecule has 0 N–H and O–H groups in total. The van der Waals surface area contributed by atoms with Gasteiger partial charge < -0.3 is 0 Å². The van der Waals surface area contributed by atoms with Gasteiger partial charge in [0.25, 0.3) is 0 Å². The molecule has 0 amide bonds. The molecular formula is C5HF2N. The number of rotatable bonds is 0. The van der Waals surface area contributed by atoms with Crippen molar-refractivity contribution >= 4 is 0 Å². The monoisotopic (exact) mass is 113 g/mol. The zero-order valence-electron chi connectivity index (χ0n) is 3.78. The fraction of sp³-hybridized carbons (Fsp3) is 0. The van der Waals surface area contributed by atoms with Gasteiger partial charge in [0.05, 0.1) is 6.57 Å². The highest BCUT2D eigenvalue weighted by molar-refractivity contribution is 5.23. The van der Waals surface area contributed by atoms with E-state index in [1.807, 2.05) is 0 Å². The van der Waals surface area contributed by atoms with Crippen molar-refractivity contribution in [3.63, 3.8) is 0 Å². The van der Waals surface area contributed by atoms with E-state index in [0.29, 0.717) is 0 Å². The lowest BCUT2D eigenvalue weighted by atomic mass is 10.6. The fourth-order valence-corrected chi connectivity index (χ4v) is 0.109. The third-order valence-electron chi connectivity index (χ3n) is 0.406. The summed E-state index contributed by atoms with van der Waals surface area (Å²) in [5, 5.41) is 0. The first-order valence-corrected chi connectivity index (χ1v) is 1.61. The largest absolute Gasteiger partial charge is 0.375 e. The molecule has 0 bridgehead atoms. The molecule has 8 heavy (non-hydrogen) atoms. The second-order valence-electron chi connectivity index (χ2n) is 0.861. The van der Waals surface area contributed by atoms with E-state index < -0.39 is 11.8 Å². The lowest BCUT2D eigenvalue weighted by Crippen LogP contribution is -1.66. The van der Waals surface area contributed by atoms with Crippen LogP contribution in [0.3, 0.4) is 0 Å². The van der Waals surface area contributed by atoms with Gasteiger partial charge in [-0.2, -0.15) is 0 Å². The molecule has 0 spiro atoms. The van der Waals surface area contributed by atoms with E-state index in [1.54, 1.807) is 0 Å². The van der Waals surface area contributed by atoms with Gasteiger partial charge in [-0.05, 0) is 5.92 Å². The zero-order chi connectivity index (χ0) is 6.57. The summed E-state index contributed by atoms with van der Waals surface area (Å²) in [6.07, 6.45) is 4.38. The first-order chi connectivity index (χ1) is 3.72. The summed E-state index contributed by atoms with van der Waals surface area (Å²) in [7, 11) is 0. The van der Waals surface area contributed by atoms with E-state index in [9.17, 15) is 8.78 Å². The average Bonchev–Trinajstić information content (AvgIpc) is 1.84. The molecule has 0 rings (SSSR count). The van der Waals surface area contributed by atoms with Crippen LogP contribution in [0.25, 0.3) is 4.85 Å². The Morgan fingerprint density at radius 3 is 2.25 bits per heavy atom. The average molecular weight is 113 g/mol. The van der Waals surface area contributed by atoms with Crippen molar-refractivity contribution in [3.05, 3.63) is 23.2 Å². The van der Waals surface area contributed by atoms with Gasteiger partial charge in [0.2, 0.25) is 5.83 Å². The zero-order valence-corrected chi connectivity index (χ0v) is 3.78. The highest BCUT2D eigenvalue weighted by atomic mass is 19.2. The summed E-state index contributed by atoms with van der Waals surface area (Å²) in [6.45, 7) is 5.90. The Labute approximate surface area is 45.4 Å². The number of nitrogens with zero attached hydrogens (tertiary/aromatic N) is 1. The van der Waals surface area contributed by atoms with Crippen LogP contribution < -0.4 is 0 Å². The van der Waals surface area contributed by atoms with Gasteiger partial charge in [0.15, 0.2) is 0 Å². The molecule has 0 aliphatic heterocycles. The van der Waals surface area contributed by atoms with Gasteiger partial charge in [-0.1, -0.05) is 0 Å². The molecule has 0 aliphatic rings. The first-order valence-electron chi connectivity index (χ1n) is 1.61. The first kappa shape index (κ1) is 6.65. The van der Waals surface area contributed by atoms with Gasteiger partial charge in [-0.15, -0.1) is 6.42 Å². The highest BCUT2D eigenvalue weighted by Gasteiger charge is 1.98. The number of terminal acetylenes is 1. The second kappa shape index (κ2) is 2.76. The Balaban J connectivity index is 4.41. The summed E-state index contributed by atoms with van der Waals surface area (Å²) in [5.41, 5.74) is 0. The standard InChI is InChI=1S/C5HF2N/c1-3-4(6)5(7)8-2/h1H/b5-4-. The summed E-state index contributed by atoms with van der Waals surface area (Å²) in [5.74, 6) is -1.67. The van der Waals surface area contributed by atoms with Crippen LogP contribution in [0, 0.1) is 18.9 Å². The third-order valence-corrected chi connectivity index (χ3v) is 0.406. The smallest absolute Gasteiger partial charge is 0.233 e. The van der Waals surface area contributed by atoms with Crippen molar-refractivity contribution in [2.45, 2.75) is 0 Å². The number of halogens is 2. The van der Waals surface area contributed by atoms with Crippen LogP contribution in [0.5, 0.6) is 0 Å². The Hall–Kier alpha value is -1.35. The minimum absolute atomic E-state index is 1.34. The molecule has 0 aliphatic carbocycles. The molecule has 0 heterocycles. The van der Waals surface area contributed by atoms with Crippen LogP contribution in [0.1, 0.15) is 0 Å². The molecule has 0 aromatic rings. The van der Waals surface area contributed by atoms with Gasteiger partial charge >= 0.3 is 5.95 Å². The van der Waals surface area contributed by atoms with Crippen LogP contribution >= 0.6 is 0 Å². The molecule has 40 valence electrons.